The van der Waals surface area contributed by atoms with Crippen LogP contribution in [0.3, 0.4) is 0 Å². The smallest absolute Gasteiger partial charge is 0.129 e. The Kier molecular flexibility index (Phi) is 5.55. The predicted molar refractivity (Wildman–Crippen MR) is 82.1 cm³/mol. The SMILES string of the molecule is Fc1cccc(F)c1CC(CCl)Cc1cccc(Br)c1. The van der Waals surface area contributed by atoms with Crippen molar-refractivity contribution in [2.24, 2.45) is 5.92 Å². The fourth-order valence-electron chi connectivity index (χ4n) is 2.19. The van der Waals surface area contributed by atoms with Crippen molar-refractivity contribution in [3.05, 3.63) is 69.7 Å². The second-order valence-corrected chi connectivity index (χ2v) is 5.98. The molecule has 0 radical (unpaired) electrons. The van der Waals surface area contributed by atoms with E-state index in [2.05, 4.69) is 15.9 Å². The minimum Gasteiger partial charge on any atom is -0.207 e. The van der Waals surface area contributed by atoms with Crippen LogP contribution in [-0.2, 0) is 12.8 Å². The van der Waals surface area contributed by atoms with Gasteiger partial charge < -0.3 is 0 Å². The van der Waals surface area contributed by atoms with Crippen LogP contribution in [0.1, 0.15) is 11.1 Å². The van der Waals surface area contributed by atoms with E-state index in [1.165, 1.54) is 18.2 Å². The molecule has 20 heavy (non-hydrogen) atoms. The van der Waals surface area contributed by atoms with Gasteiger partial charge in [0.25, 0.3) is 0 Å². The highest BCUT2D eigenvalue weighted by Crippen LogP contribution is 2.22. The van der Waals surface area contributed by atoms with E-state index >= 15 is 0 Å². The number of alkyl halides is 1. The Labute approximate surface area is 130 Å². The molecule has 0 bridgehead atoms. The van der Waals surface area contributed by atoms with Crippen molar-refractivity contribution in [3.8, 4) is 0 Å². The van der Waals surface area contributed by atoms with Gasteiger partial charge in [-0.15, -0.1) is 11.6 Å². The first-order valence-corrected chi connectivity index (χ1v) is 7.66. The predicted octanol–water partition coefficient (Wildman–Crippen LogP) is 5.37. The number of halogens is 4. The molecule has 0 aromatic heterocycles. The third-order valence-corrected chi connectivity index (χ3v) is 4.12. The first kappa shape index (κ1) is 15.5. The summed E-state index contributed by atoms with van der Waals surface area (Å²) in [6, 6.07) is 11.8. The lowest BCUT2D eigenvalue weighted by atomic mass is 9.93. The molecule has 0 aliphatic carbocycles. The number of benzene rings is 2. The molecule has 0 fully saturated rings. The summed E-state index contributed by atoms with van der Waals surface area (Å²) in [4.78, 5) is 0. The summed E-state index contributed by atoms with van der Waals surface area (Å²) in [7, 11) is 0. The van der Waals surface area contributed by atoms with Crippen molar-refractivity contribution in [2.75, 3.05) is 5.88 Å². The normalized spacial score (nSPS) is 12.4. The molecule has 0 saturated carbocycles. The van der Waals surface area contributed by atoms with Crippen LogP contribution < -0.4 is 0 Å². The van der Waals surface area contributed by atoms with Gasteiger partial charge in [-0.3, -0.25) is 0 Å². The van der Waals surface area contributed by atoms with Gasteiger partial charge in [0.15, 0.2) is 0 Å². The largest absolute Gasteiger partial charge is 0.207 e. The lowest BCUT2D eigenvalue weighted by molar-refractivity contribution is 0.508. The Morgan fingerprint density at radius 1 is 1.00 bits per heavy atom. The molecule has 0 aliphatic heterocycles. The third kappa shape index (κ3) is 4.03. The maximum Gasteiger partial charge on any atom is 0.129 e. The van der Waals surface area contributed by atoms with Crippen molar-refractivity contribution in [2.45, 2.75) is 12.8 Å². The van der Waals surface area contributed by atoms with Gasteiger partial charge in [0, 0.05) is 15.9 Å². The van der Waals surface area contributed by atoms with E-state index in [9.17, 15) is 8.78 Å². The van der Waals surface area contributed by atoms with Crippen molar-refractivity contribution < 1.29 is 8.78 Å². The fraction of sp³-hybridized carbons (Fsp3) is 0.250. The zero-order valence-electron chi connectivity index (χ0n) is 10.8. The zero-order chi connectivity index (χ0) is 14.5. The van der Waals surface area contributed by atoms with Crippen LogP contribution in [0.25, 0.3) is 0 Å². The van der Waals surface area contributed by atoms with Gasteiger partial charge >= 0.3 is 0 Å². The Balaban J connectivity index is 2.13. The first-order chi connectivity index (χ1) is 9.60. The minimum absolute atomic E-state index is 0.00244. The fourth-order valence-corrected chi connectivity index (χ4v) is 2.86. The van der Waals surface area contributed by atoms with E-state index in [0.29, 0.717) is 18.7 Å². The van der Waals surface area contributed by atoms with Gasteiger partial charge in [-0.1, -0.05) is 34.1 Å². The van der Waals surface area contributed by atoms with Gasteiger partial charge in [-0.25, -0.2) is 8.78 Å². The molecule has 2 aromatic carbocycles. The lowest BCUT2D eigenvalue weighted by Crippen LogP contribution is -2.12. The molecule has 106 valence electrons. The van der Waals surface area contributed by atoms with E-state index in [-0.39, 0.29) is 11.5 Å². The summed E-state index contributed by atoms with van der Waals surface area (Å²) in [6.07, 6.45) is 0.991. The molecule has 0 nitrogen and oxygen atoms in total. The maximum absolute atomic E-state index is 13.7. The van der Waals surface area contributed by atoms with E-state index in [4.69, 9.17) is 11.6 Å². The van der Waals surface area contributed by atoms with E-state index in [1.807, 2.05) is 24.3 Å². The van der Waals surface area contributed by atoms with E-state index in [0.717, 1.165) is 10.0 Å². The standard InChI is InChI=1S/C16H14BrClF2/c17-13-4-1-3-11(8-13)7-12(10-18)9-14-15(19)5-2-6-16(14)20/h1-6,8,12H,7,9-10H2. The highest BCUT2D eigenvalue weighted by Gasteiger charge is 2.16. The Bertz CT molecular complexity index is 566. The highest BCUT2D eigenvalue weighted by molar-refractivity contribution is 9.10. The monoisotopic (exact) mass is 358 g/mol. The molecule has 1 atom stereocenters. The van der Waals surface area contributed by atoms with Gasteiger partial charge in [0.1, 0.15) is 11.6 Å². The molecule has 1 unspecified atom stereocenters. The van der Waals surface area contributed by atoms with Gasteiger partial charge in [0.05, 0.1) is 0 Å². The second-order valence-electron chi connectivity index (χ2n) is 4.76. The van der Waals surface area contributed by atoms with Crippen molar-refractivity contribution in [3.63, 3.8) is 0 Å². The molecule has 0 aliphatic rings. The van der Waals surface area contributed by atoms with Gasteiger partial charge in [-0.05, 0) is 48.6 Å². The second kappa shape index (κ2) is 7.19. The van der Waals surface area contributed by atoms with Crippen LogP contribution in [0, 0.1) is 17.6 Å². The summed E-state index contributed by atoms with van der Waals surface area (Å²) in [6.45, 7) is 0. The zero-order valence-corrected chi connectivity index (χ0v) is 13.1. The average Bonchev–Trinajstić information content (AvgIpc) is 2.42. The molecule has 0 spiro atoms. The van der Waals surface area contributed by atoms with Crippen LogP contribution in [0.15, 0.2) is 46.9 Å². The number of hydrogen-bond donors (Lipinski definition) is 0. The van der Waals surface area contributed by atoms with Crippen LogP contribution in [0.5, 0.6) is 0 Å². The molecule has 0 heterocycles. The summed E-state index contributed by atoms with van der Waals surface area (Å²) in [5, 5.41) is 0. The van der Waals surface area contributed by atoms with Crippen molar-refractivity contribution in [1.29, 1.82) is 0 Å². The van der Waals surface area contributed by atoms with Crippen LogP contribution in [-0.4, -0.2) is 5.88 Å². The van der Waals surface area contributed by atoms with E-state index in [1.54, 1.807) is 0 Å². The highest BCUT2D eigenvalue weighted by atomic mass is 79.9. The van der Waals surface area contributed by atoms with Gasteiger partial charge in [0.2, 0.25) is 0 Å². The maximum atomic E-state index is 13.7. The van der Waals surface area contributed by atoms with Crippen LogP contribution in [0.2, 0.25) is 0 Å². The lowest BCUT2D eigenvalue weighted by Gasteiger charge is -2.15. The Morgan fingerprint density at radius 2 is 1.65 bits per heavy atom. The molecule has 0 saturated heterocycles. The van der Waals surface area contributed by atoms with Crippen molar-refractivity contribution >= 4 is 27.5 Å². The number of rotatable bonds is 5. The molecular formula is C16H14BrClF2. The quantitative estimate of drug-likeness (QED) is 0.630. The first-order valence-electron chi connectivity index (χ1n) is 6.33. The molecule has 0 N–H and O–H groups in total. The van der Waals surface area contributed by atoms with Crippen molar-refractivity contribution in [1.82, 2.24) is 0 Å². The summed E-state index contributed by atoms with van der Waals surface area (Å²) < 4.78 is 28.3. The molecule has 2 rings (SSSR count). The van der Waals surface area contributed by atoms with E-state index < -0.39 is 11.6 Å². The molecular weight excluding hydrogens is 346 g/mol. The summed E-state index contributed by atoms with van der Waals surface area (Å²) in [5.41, 5.74) is 1.22. The molecule has 0 amide bonds. The molecule has 4 heteroatoms. The number of hydrogen-bond acceptors (Lipinski definition) is 0. The Hall–Kier alpha value is -0.930. The minimum atomic E-state index is -0.505. The topological polar surface area (TPSA) is 0 Å². The van der Waals surface area contributed by atoms with Gasteiger partial charge in [-0.2, -0.15) is 0 Å². The van der Waals surface area contributed by atoms with Crippen LogP contribution in [0.4, 0.5) is 8.78 Å². The summed E-state index contributed by atoms with van der Waals surface area (Å²) >= 11 is 9.37. The summed E-state index contributed by atoms with van der Waals surface area (Å²) in [5.74, 6) is -0.651. The van der Waals surface area contributed by atoms with Crippen LogP contribution >= 0.6 is 27.5 Å². The third-order valence-electron chi connectivity index (χ3n) is 3.19. The molecule has 2 aromatic rings. The Morgan fingerprint density at radius 3 is 2.25 bits per heavy atom. The average molecular weight is 360 g/mol.